The molecule has 0 spiro atoms. The molecule has 2 rings (SSSR count). The zero-order valence-electron chi connectivity index (χ0n) is 13.6. The van der Waals surface area contributed by atoms with Gasteiger partial charge in [0.05, 0.1) is 24.8 Å². The summed E-state index contributed by atoms with van der Waals surface area (Å²) in [5.41, 5.74) is 2.10. The number of methoxy groups -OCH3 is 1. The predicted octanol–water partition coefficient (Wildman–Crippen LogP) is 5.43. The van der Waals surface area contributed by atoms with E-state index in [1.165, 1.54) is 0 Å². The van der Waals surface area contributed by atoms with Gasteiger partial charge < -0.3 is 14.2 Å². The molecular weight excluding hydrogens is 356 g/mol. The summed E-state index contributed by atoms with van der Waals surface area (Å²) in [6.07, 6.45) is 4.09. The lowest BCUT2D eigenvalue weighted by Gasteiger charge is -2.12. The number of ether oxygens (including phenoxy) is 3. The summed E-state index contributed by atoms with van der Waals surface area (Å²) in [6.45, 7) is 5.16. The fourth-order valence-corrected chi connectivity index (χ4v) is 2.60. The van der Waals surface area contributed by atoms with Crippen molar-refractivity contribution < 1.29 is 14.2 Å². The minimum Gasteiger partial charge on any atom is -0.497 e. The third kappa shape index (κ3) is 4.76. The molecule has 0 radical (unpaired) electrons. The van der Waals surface area contributed by atoms with Crippen LogP contribution >= 0.6 is 15.9 Å². The first kappa shape index (κ1) is 17.4. The van der Waals surface area contributed by atoms with Gasteiger partial charge in [-0.1, -0.05) is 24.3 Å². The van der Waals surface area contributed by atoms with Crippen LogP contribution < -0.4 is 14.2 Å². The third-order valence-electron chi connectivity index (χ3n) is 3.22. The lowest BCUT2D eigenvalue weighted by molar-refractivity contribution is 0.321. The molecular formula is C19H21BrO3. The Morgan fingerprint density at radius 2 is 1.61 bits per heavy atom. The summed E-state index contributed by atoms with van der Waals surface area (Å²) in [6, 6.07) is 11.8. The van der Waals surface area contributed by atoms with Gasteiger partial charge >= 0.3 is 0 Å². The van der Waals surface area contributed by atoms with Crippen LogP contribution in [0, 0.1) is 0 Å². The van der Waals surface area contributed by atoms with E-state index < -0.39 is 0 Å². The van der Waals surface area contributed by atoms with Crippen LogP contribution in [0.15, 0.2) is 40.9 Å². The minimum atomic E-state index is 0.607. The van der Waals surface area contributed by atoms with E-state index in [2.05, 4.69) is 15.9 Å². The monoisotopic (exact) mass is 376 g/mol. The molecule has 0 amide bonds. The van der Waals surface area contributed by atoms with Gasteiger partial charge in [-0.05, 0) is 59.1 Å². The van der Waals surface area contributed by atoms with E-state index in [0.717, 1.165) is 32.8 Å². The maximum absolute atomic E-state index is 5.67. The summed E-state index contributed by atoms with van der Waals surface area (Å²) in [5.74, 6) is 2.43. The van der Waals surface area contributed by atoms with Crippen LogP contribution in [-0.4, -0.2) is 20.3 Å². The van der Waals surface area contributed by atoms with Gasteiger partial charge in [-0.2, -0.15) is 0 Å². The molecule has 2 aromatic rings. The highest BCUT2D eigenvalue weighted by Crippen LogP contribution is 2.35. The molecule has 23 heavy (non-hydrogen) atoms. The number of benzene rings is 2. The summed E-state index contributed by atoms with van der Waals surface area (Å²) in [7, 11) is 1.66. The van der Waals surface area contributed by atoms with Crippen molar-refractivity contribution in [1.82, 2.24) is 0 Å². The van der Waals surface area contributed by atoms with Gasteiger partial charge in [-0.25, -0.2) is 0 Å². The van der Waals surface area contributed by atoms with E-state index in [1.54, 1.807) is 7.11 Å². The minimum absolute atomic E-state index is 0.607. The Morgan fingerprint density at radius 1 is 0.913 bits per heavy atom. The molecule has 2 aromatic carbocycles. The number of hydrogen-bond acceptors (Lipinski definition) is 3. The third-order valence-corrected chi connectivity index (χ3v) is 4.07. The molecule has 0 bridgehead atoms. The zero-order chi connectivity index (χ0) is 16.7. The molecule has 0 aliphatic rings. The molecule has 3 nitrogen and oxygen atoms in total. The number of rotatable bonds is 7. The lowest BCUT2D eigenvalue weighted by Crippen LogP contribution is -1.97. The van der Waals surface area contributed by atoms with Gasteiger partial charge in [0.2, 0.25) is 0 Å². The van der Waals surface area contributed by atoms with Gasteiger partial charge in [-0.15, -0.1) is 0 Å². The Balaban J connectivity index is 2.30. The average molecular weight is 377 g/mol. The summed E-state index contributed by atoms with van der Waals surface area (Å²) < 4.78 is 17.4. The molecule has 0 N–H and O–H groups in total. The summed E-state index contributed by atoms with van der Waals surface area (Å²) >= 11 is 3.61. The highest BCUT2D eigenvalue weighted by molar-refractivity contribution is 9.10. The van der Waals surface area contributed by atoms with Gasteiger partial charge in [0.25, 0.3) is 0 Å². The maximum atomic E-state index is 5.67. The lowest BCUT2D eigenvalue weighted by atomic mass is 10.1. The SMILES string of the molecule is CCOc1cc(/C=C/c2ccc(OC)cc2)c(Br)c(OCC)c1. The van der Waals surface area contributed by atoms with E-state index in [1.807, 2.05) is 62.4 Å². The molecule has 122 valence electrons. The molecule has 4 heteroatoms. The Kier molecular flexibility index (Phi) is 6.53. The van der Waals surface area contributed by atoms with E-state index in [-0.39, 0.29) is 0 Å². The topological polar surface area (TPSA) is 27.7 Å². The molecule has 0 aliphatic heterocycles. The highest BCUT2D eigenvalue weighted by atomic mass is 79.9. The molecule has 0 saturated heterocycles. The van der Waals surface area contributed by atoms with E-state index in [4.69, 9.17) is 14.2 Å². The van der Waals surface area contributed by atoms with Crippen LogP contribution in [0.25, 0.3) is 12.2 Å². The smallest absolute Gasteiger partial charge is 0.137 e. The largest absolute Gasteiger partial charge is 0.497 e. The first-order valence-electron chi connectivity index (χ1n) is 7.59. The van der Waals surface area contributed by atoms with Gasteiger partial charge in [0, 0.05) is 6.07 Å². The van der Waals surface area contributed by atoms with Crippen LogP contribution in [0.3, 0.4) is 0 Å². The first-order valence-corrected chi connectivity index (χ1v) is 8.38. The quantitative estimate of drug-likeness (QED) is 0.603. The van der Waals surface area contributed by atoms with Crippen molar-refractivity contribution in [2.24, 2.45) is 0 Å². The van der Waals surface area contributed by atoms with Crippen LogP contribution in [0.5, 0.6) is 17.2 Å². The highest BCUT2D eigenvalue weighted by Gasteiger charge is 2.08. The standard InChI is InChI=1S/C19H21BrO3/c1-4-22-17-12-15(19(20)18(13-17)23-5-2)9-6-14-7-10-16(21-3)11-8-14/h6-13H,4-5H2,1-3H3/b9-6+. The van der Waals surface area contributed by atoms with Crippen molar-refractivity contribution >= 4 is 28.1 Å². The molecule has 0 atom stereocenters. The predicted molar refractivity (Wildman–Crippen MR) is 98.4 cm³/mol. The van der Waals surface area contributed by atoms with Crippen molar-refractivity contribution in [3.8, 4) is 17.2 Å². The van der Waals surface area contributed by atoms with Crippen molar-refractivity contribution in [2.75, 3.05) is 20.3 Å². The zero-order valence-corrected chi connectivity index (χ0v) is 15.2. The Bertz CT molecular complexity index is 663. The summed E-state index contributed by atoms with van der Waals surface area (Å²) in [5, 5.41) is 0. The van der Waals surface area contributed by atoms with Crippen LogP contribution in [0.4, 0.5) is 0 Å². The van der Waals surface area contributed by atoms with Crippen LogP contribution in [-0.2, 0) is 0 Å². The molecule has 0 heterocycles. The van der Waals surface area contributed by atoms with E-state index in [0.29, 0.717) is 13.2 Å². The van der Waals surface area contributed by atoms with Crippen molar-refractivity contribution in [2.45, 2.75) is 13.8 Å². The van der Waals surface area contributed by atoms with Crippen molar-refractivity contribution in [1.29, 1.82) is 0 Å². The van der Waals surface area contributed by atoms with E-state index >= 15 is 0 Å². The number of halogens is 1. The molecule has 0 saturated carbocycles. The average Bonchev–Trinajstić information content (AvgIpc) is 2.57. The molecule has 0 unspecified atom stereocenters. The van der Waals surface area contributed by atoms with Crippen molar-refractivity contribution in [3.63, 3.8) is 0 Å². The molecule has 0 aliphatic carbocycles. The second kappa shape index (κ2) is 8.63. The maximum Gasteiger partial charge on any atom is 0.137 e. The Morgan fingerprint density at radius 3 is 2.22 bits per heavy atom. The Hall–Kier alpha value is -1.94. The molecule has 0 aromatic heterocycles. The van der Waals surface area contributed by atoms with Crippen molar-refractivity contribution in [3.05, 3.63) is 52.0 Å². The van der Waals surface area contributed by atoms with Gasteiger partial charge in [-0.3, -0.25) is 0 Å². The van der Waals surface area contributed by atoms with E-state index in [9.17, 15) is 0 Å². The first-order chi connectivity index (χ1) is 11.2. The fourth-order valence-electron chi connectivity index (χ4n) is 2.13. The number of hydrogen-bond donors (Lipinski definition) is 0. The van der Waals surface area contributed by atoms with Gasteiger partial charge in [0.1, 0.15) is 17.2 Å². The van der Waals surface area contributed by atoms with Crippen LogP contribution in [0.1, 0.15) is 25.0 Å². The Labute approximate surface area is 146 Å². The second-order valence-corrected chi connectivity index (χ2v) is 5.59. The molecule has 0 fully saturated rings. The fraction of sp³-hybridized carbons (Fsp3) is 0.263. The summed E-state index contributed by atoms with van der Waals surface area (Å²) in [4.78, 5) is 0. The second-order valence-electron chi connectivity index (χ2n) is 4.80. The van der Waals surface area contributed by atoms with Gasteiger partial charge in [0.15, 0.2) is 0 Å². The normalized spacial score (nSPS) is 10.8. The van der Waals surface area contributed by atoms with Crippen LogP contribution in [0.2, 0.25) is 0 Å².